The van der Waals surface area contributed by atoms with Gasteiger partial charge in [-0.05, 0) is 56.7 Å². The molecule has 4 nitrogen and oxygen atoms in total. The van der Waals surface area contributed by atoms with Crippen LogP contribution in [0, 0.1) is 0 Å². The molecular weight excluding hydrogens is 306 g/mol. The lowest BCUT2D eigenvalue weighted by Crippen LogP contribution is -2.47. The lowest BCUT2D eigenvalue weighted by atomic mass is 9.87. The summed E-state index contributed by atoms with van der Waals surface area (Å²) in [6.07, 6.45) is 5.72. The monoisotopic (exact) mass is 329 g/mol. The standard InChI is InChI=1S/C14H24BrN3O/c1-10(2)18-12(11(15)9-16-18)13(19)14(17(3)4)7-5-6-8-14/h9-10,13,19H,5-8H2,1-4H3. The SMILES string of the molecule is CC(C)n1ncc(Br)c1C(O)C1(N(C)C)CCCC1. The molecule has 19 heavy (non-hydrogen) atoms. The van der Waals surface area contributed by atoms with E-state index in [0.717, 1.165) is 23.0 Å². The number of aromatic nitrogens is 2. The molecule has 0 spiro atoms. The smallest absolute Gasteiger partial charge is 0.115 e. The summed E-state index contributed by atoms with van der Waals surface area (Å²) >= 11 is 3.54. The van der Waals surface area contributed by atoms with Gasteiger partial charge in [-0.2, -0.15) is 5.10 Å². The maximum atomic E-state index is 11.0. The highest BCUT2D eigenvalue weighted by atomic mass is 79.9. The molecule has 2 rings (SSSR count). The molecule has 1 aliphatic rings. The maximum Gasteiger partial charge on any atom is 0.115 e. The van der Waals surface area contributed by atoms with Crippen molar-refractivity contribution in [1.82, 2.24) is 14.7 Å². The van der Waals surface area contributed by atoms with Crippen molar-refractivity contribution >= 4 is 15.9 Å². The van der Waals surface area contributed by atoms with Gasteiger partial charge in [0.05, 0.1) is 21.9 Å². The number of hydrogen-bond acceptors (Lipinski definition) is 3. The van der Waals surface area contributed by atoms with E-state index in [2.05, 4.69) is 53.9 Å². The lowest BCUT2D eigenvalue weighted by molar-refractivity contribution is -0.0109. The molecular formula is C14H24BrN3O. The second kappa shape index (κ2) is 5.54. The first kappa shape index (κ1) is 15.0. The van der Waals surface area contributed by atoms with E-state index < -0.39 is 6.10 Å². The van der Waals surface area contributed by atoms with Gasteiger partial charge in [0.2, 0.25) is 0 Å². The third-order valence-corrected chi connectivity index (χ3v) is 5.02. The van der Waals surface area contributed by atoms with Crippen LogP contribution in [0.25, 0.3) is 0 Å². The quantitative estimate of drug-likeness (QED) is 0.922. The van der Waals surface area contributed by atoms with Gasteiger partial charge in [-0.3, -0.25) is 4.68 Å². The molecule has 5 heteroatoms. The predicted molar refractivity (Wildman–Crippen MR) is 80.2 cm³/mol. The molecule has 0 aliphatic heterocycles. The minimum absolute atomic E-state index is 0.158. The van der Waals surface area contributed by atoms with Crippen LogP contribution in [0.2, 0.25) is 0 Å². The second-order valence-electron chi connectivity index (χ2n) is 6.02. The molecule has 1 atom stereocenters. The van der Waals surface area contributed by atoms with Crippen molar-refractivity contribution in [3.05, 3.63) is 16.4 Å². The number of likely N-dealkylation sites (N-methyl/N-ethyl adjacent to an activating group) is 1. The number of nitrogens with zero attached hydrogens (tertiary/aromatic N) is 3. The van der Waals surface area contributed by atoms with Crippen LogP contribution in [0.1, 0.15) is 57.4 Å². The first-order valence-electron chi connectivity index (χ1n) is 6.98. The molecule has 1 saturated carbocycles. The molecule has 108 valence electrons. The van der Waals surface area contributed by atoms with Crippen molar-refractivity contribution < 1.29 is 5.11 Å². The number of hydrogen-bond donors (Lipinski definition) is 1. The normalized spacial score (nSPS) is 20.4. The summed E-state index contributed by atoms with van der Waals surface area (Å²) in [5, 5.41) is 15.4. The Kier molecular flexibility index (Phi) is 4.38. The first-order valence-corrected chi connectivity index (χ1v) is 7.78. The van der Waals surface area contributed by atoms with Crippen molar-refractivity contribution in [3.63, 3.8) is 0 Å². The van der Waals surface area contributed by atoms with Gasteiger partial charge < -0.3 is 10.0 Å². The van der Waals surface area contributed by atoms with E-state index in [0.29, 0.717) is 0 Å². The highest BCUT2D eigenvalue weighted by Crippen LogP contribution is 2.45. The zero-order valence-corrected chi connectivity index (χ0v) is 13.8. The average molecular weight is 330 g/mol. The Bertz CT molecular complexity index is 436. The van der Waals surface area contributed by atoms with Gasteiger partial charge in [-0.15, -0.1) is 0 Å². The van der Waals surface area contributed by atoms with Crippen molar-refractivity contribution in [2.75, 3.05) is 14.1 Å². The molecule has 0 radical (unpaired) electrons. The van der Waals surface area contributed by atoms with E-state index in [1.165, 1.54) is 12.8 Å². The molecule has 1 aromatic heterocycles. The molecule has 1 heterocycles. The van der Waals surface area contributed by atoms with Gasteiger partial charge in [0.15, 0.2) is 0 Å². The van der Waals surface area contributed by atoms with E-state index in [4.69, 9.17) is 0 Å². The van der Waals surface area contributed by atoms with Crippen LogP contribution in [0.5, 0.6) is 0 Å². The summed E-state index contributed by atoms with van der Waals surface area (Å²) in [7, 11) is 4.14. The summed E-state index contributed by atoms with van der Waals surface area (Å²) in [6, 6.07) is 0.247. The maximum absolute atomic E-state index is 11.0. The van der Waals surface area contributed by atoms with Crippen LogP contribution >= 0.6 is 15.9 Å². The van der Waals surface area contributed by atoms with Crippen molar-refractivity contribution in [3.8, 4) is 0 Å². The van der Waals surface area contributed by atoms with Crippen LogP contribution in [0.4, 0.5) is 0 Å². The van der Waals surface area contributed by atoms with Gasteiger partial charge in [0.1, 0.15) is 6.10 Å². The van der Waals surface area contributed by atoms with E-state index in [-0.39, 0.29) is 11.6 Å². The molecule has 0 amide bonds. The Morgan fingerprint density at radius 1 is 1.37 bits per heavy atom. The summed E-state index contributed by atoms with van der Waals surface area (Å²) in [5.41, 5.74) is 0.750. The van der Waals surface area contributed by atoms with Gasteiger partial charge >= 0.3 is 0 Å². The Balaban J connectivity index is 2.43. The fourth-order valence-corrected chi connectivity index (χ4v) is 3.72. The topological polar surface area (TPSA) is 41.3 Å². The number of halogens is 1. The largest absolute Gasteiger partial charge is 0.385 e. The summed E-state index contributed by atoms with van der Waals surface area (Å²) in [5.74, 6) is 0. The van der Waals surface area contributed by atoms with Crippen molar-refractivity contribution in [1.29, 1.82) is 0 Å². The molecule has 1 fully saturated rings. The molecule has 1 aliphatic carbocycles. The van der Waals surface area contributed by atoms with Crippen molar-refractivity contribution in [2.24, 2.45) is 0 Å². The molecule has 0 bridgehead atoms. The van der Waals surface area contributed by atoms with E-state index in [1.54, 1.807) is 6.20 Å². The number of aliphatic hydroxyl groups is 1. The fraction of sp³-hybridized carbons (Fsp3) is 0.786. The molecule has 1 N–H and O–H groups in total. The Morgan fingerprint density at radius 3 is 2.42 bits per heavy atom. The Hall–Kier alpha value is -0.390. The molecule has 1 unspecified atom stereocenters. The minimum atomic E-state index is -0.510. The van der Waals surface area contributed by atoms with Crippen LogP contribution < -0.4 is 0 Å². The van der Waals surface area contributed by atoms with Crippen LogP contribution in [-0.2, 0) is 0 Å². The van der Waals surface area contributed by atoms with Gasteiger partial charge in [-0.1, -0.05) is 12.8 Å². The second-order valence-corrected chi connectivity index (χ2v) is 6.88. The lowest BCUT2D eigenvalue weighted by Gasteiger charge is -2.41. The van der Waals surface area contributed by atoms with Crippen LogP contribution in [0.15, 0.2) is 10.7 Å². The third-order valence-electron chi connectivity index (χ3n) is 4.40. The highest BCUT2D eigenvalue weighted by Gasteiger charge is 2.45. The average Bonchev–Trinajstić information content (AvgIpc) is 2.94. The summed E-state index contributed by atoms with van der Waals surface area (Å²) in [4.78, 5) is 2.19. The van der Waals surface area contributed by atoms with Crippen LogP contribution in [0.3, 0.4) is 0 Å². The molecule has 1 aromatic rings. The Labute approximate surface area is 123 Å². The van der Waals surface area contributed by atoms with E-state index in [1.807, 2.05) is 4.68 Å². The van der Waals surface area contributed by atoms with Crippen molar-refractivity contribution in [2.45, 2.75) is 57.2 Å². The van der Waals surface area contributed by atoms with Gasteiger partial charge in [0.25, 0.3) is 0 Å². The fourth-order valence-electron chi connectivity index (χ4n) is 3.23. The summed E-state index contributed by atoms with van der Waals surface area (Å²) in [6.45, 7) is 4.18. The first-order chi connectivity index (χ1) is 8.90. The molecule has 0 aromatic carbocycles. The van der Waals surface area contributed by atoms with E-state index >= 15 is 0 Å². The van der Waals surface area contributed by atoms with Crippen LogP contribution in [-0.4, -0.2) is 39.4 Å². The van der Waals surface area contributed by atoms with Gasteiger partial charge in [-0.25, -0.2) is 0 Å². The third kappa shape index (κ3) is 2.48. The minimum Gasteiger partial charge on any atom is -0.385 e. The Morgan fingerprint density at radius 2 is 1.95 bits per heavy atom. The predicted octanol–water partition coefficient (Wildman–Crippen LogP) is 3.13. The summed E-state index contributed by atoms with van der Waals surface area (Å²) < 4.78 is 2.83. The zero-order chi connectivity index (χ0) is 14.2. The zero-order valence-electron chi connectivity index (χ0n) is 12.2. The van der Waals surface area contributed by atoms with Gasteiger partial charge in [0, 0.05) is 6.04 Å². The number of aliphatic hydroxyl groups excluding tert-OH is 1. The highest BCUT2D eigenvalue weighted by molar-refractivity contribution is 9.10. The molecule has 0 saturated heterocycles. The number of rotatable bonds is 4. The van der Waals surface area contributed by atoms with E-state index in [9.17, 15) is 5.11 Å².